The second kappa shape index (κ2) is 4.41. The molecule has 92 valence electrons. The fourth-order valence-corrected chi connectivity index (χ4v) is 3.80. The van der Waals surface area contributed by atoms with E-state index < -0.39 is 0 Å². The molecule has 3 atom stereocenters. The maximum Gasteiger partial charge on any atom is 0.205 e. The number of allylic oxidation sites excluding steroid dienone is 1. The standard InChI is InChI=1S/C13H19N3S/c1-8(2)6-12-15-16-13(17-12)14-11-7-9-4-3-5-10(9)11/h3,5,8-11H,4,6-7H2,1-2H3,(H,14,16). The van der Waals surface area contributed by atoms with Gasteiger partial charge in [-0.05, 0) is 24.7 Å². The molecular formula is C13H19N3S. The van der Waals surface area contributed by atoms with Gasteiger partial charge >= 0.3 is 0 Å². The van der Waals surface area contributed by atoms with Gasteiger partial charge in [-0.2, -0.15) is 0 Å². The van der Waals surface area contributed by atoms with Gasteiger partial charge in [0, 0.05) is 18.4 Å². The van der Waals surface area contributed by atoms with Crippen LogP contribution in [-0.4, -0.2) is 16.2 Å². The maximum atomic E-state index is 4.24. The van der Waals surface area contributed by atoms with Crippen molar-refractivity contribution >= 4 is 16.5 Å². The largest absolute Gasteiger partial charge is 0.357 e. The van der Waals surface area contributed by atoms with Crippen LogP contribution in [0, 0.1) is 17.8 Å². The lowest BCUT2D eigenvalue weighted by Crippen LogP contribution is -2.43. The number of anilines is 1. The first-order valence-electron chi connectivity index (χ1n) is 6.48. The highest BCUT2D eigenvalue weighted by Gasteiger charge is 2.41. The van der Waals surface area contributed by atoms with Gasteiger partial charge in [-0.1, -0.05) is 37.3 Å². The Kier molecular flexibility index (Phi) is 2.90. The van der Waals surface area contributed by atoms with E-state index in [0.29, 0.717) is 12.0 Å². The summed E-state index contributed by atoms with van der Waals surface area (Å²) >= 11 is 1.72. The van der Waals surface area contributed by atoms with Gasteiger partial charge in [-0.3, -0.25) is 0 Å². The minimum absolute atomic E-state index is 0.596. The van der Waals surface area contributed by atoms with Crippen LogP contribution >= 0.6 is 11.3 Å². The van der Waals surface area contributed by atoms with Crippen molar-refractivity contribution in [2.75, 3.05) is 5.32 Å². The molecule has 2 aliphatic carbocycles. The summed E-state index contributed by atoms with van der Waals surface area (Å²) in [5.74, 6) is 2.30. The highest BCUT2D eigenvalue weighted by atomic mass is 32.1. The van der Waals surface area contributed by atoms with Crippen LogP contribution in [-0.2, 0) is 6.42 Å². The number of nitrogens with zero attached hydrogens (tertiary/aromatic N) is 2. The summed E-state index contributed by atoms with van der Waals surface area (Å²) in [5, 5.41) is 14.2. The Morgan fingerprint density at radius 1 is 1.47 bits per heavy atom. The van der Waals surface area contributed by atoms with Crippen molar-refractivity contribution < 1.29 is 0 Å². The summed E-state index contributed by atoms with van der Waals surface area (Å²) in [6.45, 7) is 4.43. The highest BCUT2D eigenvalue weighted by Crippen LogP contribution is 2.44. The number of hydrogen-bond acceptors (Lipinski definition) is 4. The summed E-state index contributed by atoms with van der Waals surface area (Å²) in [6.07, 6.45) is 8.29. The Hall–Kier alpha value is -0.900. The third kappa shape index (κ3) is 2.23. The molecular weight excluding hydrogens is 230 g/mol. The van der Waals surface area contributed by atoms with E-state index in [0.717, 1.165) is 28.4 Å². The molecule has 0 amide bonds. The zero-order valence-electron chi connectivity index (χ0n) is 10.4. The first kappa shape index (κ1) is 11.2. The number of nitrogens with one attached hydrogen (secondary N) is 1. The molecule has 0 aromatic carbocycles. The molecule has 0 aliphatic heterocycles. The van der Waals surface area contributed by atoms with E-state index in [9.17, 15) is 0 Å². The molecule has 1 saturated carbocycles. The summed E-state index contributed by atoms with van der Waals surface area (Å²) in [7, 11) is 0. The average Bonchev–Trinajstić information content (AvgIpc) is 2.81. The SMILES string of the molecule is CC(C)Cc1nnc(NC2CC3CC=CC32)s1. The van der Waals surface area contributed by atoms with Crippen molar-refractivity contribution in [3.63, 3.8) is 0 Å². The Morgan fingerprint density at radius 2 is 2.35 bits per heavy atom. The van der Waals surface area contributed by atoms with Gasteiger partial charge in [0.25, 0.3) is 0 Å². The molecule has 4 heteroatoms. The normalized spacial score (nSPS) is 30.4. The van der Waals surface area contributed by atoms with Gasteiger partial charge in [0.1, 0.15) is 5.01 Å². The second-order valence-electron chi connectivity index (χ2n) is 5.59. The molecule has 1 aromatic rings. The molecule has 0 radical (unpaired) electrons. The number of hydrogen-bond donors (Lipinski definition) is 1. The quantitative estimate of drug-likeness (QED) is 0.833. The van der Waals surface area contributed by atoms with Crippen LogP contribution in [0.4, 0.5) is 5.13 Å². The van der Waals surface area contributed by atoms with E-state index in [1.54, 1.807) is 11.3 Å². The van der Waals surface area contributed by atoms with Crippen molar-refractivity contribution in [2.45, 2.75) is 39.2 Å². The summed E-state index contributed by atoms with van der Waals surface area (Å²) < 4.78 is 0. The van der Waals surface area contributed by atoms with E-state index in [4.69, 9.17) is 0 Å². The third-order valence-electron chi connectivity index (χ3n) is 3.72. The fraction of sp³-hybridized carbons (Fsp3) is 0.692. The minimum Gasteiger partial charge on any atom is -0.357 e. The fourth-order valence-electron chi connectivity index (χ4n) is 2.79. The number of rotatable bonds is 4. The van der Waals surface area contributed by atoms with Crippen LogP contribution < -0.4 is 5.32 Å². The second-order valence-corrected chi connectivity index (χ2v) is 6.65. The number of aromatic nitrogens is 2. The molecule has 0 bridgehead atoms. The van der Waals surface area contributed by atoms with Crippen LogP contribution in [0.25, 0.3) is 0 Å². The van der Waals surface area contributed by atoms with Crippen molar-refractivity contribution in [2.24, 2.45) is 17.8 Å². The zero-order valence-corrected chi connectivity index (χ0v) is 11.2. The molecule has 0 spiro atoms. The third-order valence-corrected chi connectivity index (χ3v) is 4.60. The van der Waals surface area contributed by atoms with Crippen molar-refractivity contribution in [1.29, 1.82) is 0 Å². The molecule has 2 aliphatic rings. The Balaban J connectivity index is 1.58. The minimum atomic E-state index is 0.596. The summed E-state index contributed by atoms with van der Waals surface area (Å²) in [5.41, 5.74) is 0. The van der Waals surface area contributed by atoms with Gasteiger partial charge in [-0.25, -0.2) is 0 Å². The van der Waals surface area contributed by atoms with Crippen LogP contribution in [0.2, 0.25) is 0 Å². The van der Waals surface area contributed by atoms with Gasteiger partial charge in [-0.15, -0.1) is 10.2 Å². The van der Waals surface area contributed by atoms with E-state index in [1.807, 2.05) is 0 Å². The van der Waals surface area contributed by atoms with E-state index in [1.165, 1.54) is 12.8 Å². The lowest BCUT2D eigenvalue weighted by atomic mass is 9.71. The van der Waals surface area contributed by atoms with Gasteiger partial charge < -0.3 is 5.32 Å². The molecule has 0 saturated heterocycles. The molecule has 3 unspecified atom stereocenters. The highest BCUT2D eigenvalue weighted by molar-refractivity contribution is 7.15. The van der Waals surface area contributed by atoms with Crippen LogP contribution in [0.3, 0.4) is 0 Å². The molecule has 17 heavy (non-hydrogen) atoms. The van der Waals surface area contributed by atoms with Crippen LogP contribution in [0.5, 0.6) is 0 Å². The molecule has 3 nitrogen and oxygen atoms in total. The molecule has 1 N–H and O–H groups in total. The molecule has 1 fully saturated rings. The van der Waals surface area contributed by atoms with Gasteiger partial charge in [0.15, 0.2) is 0 Å². The van der Waals surface area contributed by atoms with Gasteiger partial charge in [0.05, 0.1) is 0 Å². The molecule has 1 heterocycles. The van der Waals surface area contributed by atoms with Crippen LogP contribution in [0.15, 0.2) is 12.2 Å². The predicted octanol–water partition coefficient (Wildman–Crippen LogP) is 3.11. The maximum absolute atomic E-state index is 4.24. The lowest BCUT2D eigenvalue weighted by molar-refractivity contribution is 0.218. The molecule has 3 rings (SSSR count). The monoisotopic (exact) mass is 249 g/mol. The first-order chi connectivity index (χ1) is 8.22. The molecule has 1 aromatic heterocycles. The van der Waals surface area contributed by atoms with Crippen molar-refractivity contribution in [1.82, 2.24) is 10.2 Å². The Bertz CT molecular complexity index is 424. The smallest absolute Gasteiger partial charge is 0.205 e. The van der Waals surface area contributed by atoms with E-state index in [-0.39, 0.29) is 0 Å². The van der Waals surface area contributed by atoms with Crippen LogP contribution in [0.1, 0.15) is 31.7 Å². The zero-order chi connectivity index (χ0) is 11.8. The average molecular weight is 249 g/mol. The van der Waals surface area contributed by atoms with Gasteiger partial charge in [0.2, 0.25) is 5.13 Å². The Labute approximate surface area is 106 Å². The topological polar surface area (TPSA) is 37.8 Å². The predicted molar refractivity (Wildman–Crippen MR) is 71.2 cm³/mol. The number of fused-ring (bicyclic) bond motifs is 1. The first-order valence-corrected chi connectivity index (χ1v) is 7.29. The lowest BCUT2D eigenvalue weighted by Gasteiger charge is -2.40. The summed E-state index contributed by atoms with van der Waals surface area (Å²) in [4.78, 5) is 0. The summed E-state index contributed by atoms with van der Waals surface area (Å²) in [6, 6.07) is 0.596. The Morgan fingerprint density at radius 3 is 3.12 bits per heavy atom. The van der Waals surface area contributed by atoms with E-state index in [2.05, 4.69) is 41.5 Å². The van der Waals surface area contributed by atoms with Crippen molar-refractivity contribution in [3.05, 3.63) is 17.2 Å². The van der Waals surface area contributed by atoms with E-state index >= 15 is 0 Å². The van der Waals surface area contributed by atoms with Crippen molar-refractivity contribution in [3.8, 4) is 0 Å².